The molecule has 0 saturated carbocycles. The van der Waals surface area contributed by atoms with Gasteiger partial charge in [0.05, 0.1) is 5.69 Å². The summed E-state index contributed by atoms with van der Waals surface area (Å²) < 4.78 is 2.06. The van der Waals surface area contributed by atoms with Gasteiger partial charge in [0, 0.05) is 30.7 Å². The highest BCUT2D eigenvalue weighted by Gasteiger charge is 2.20. The van der Waals surface area contributed by atoms with Crippen LogP contribution >= 0.6 is 0 Å². The highest BCUT2D eigenvalue weighted by atomic mass is 16.1. The van der Waals surface area contributed by atoms with Crippen molar-refractivity contribution in [3.8, 4) is 16.9 Å². The quantitative estimate of drug-likeness (QED) is 0.463. The van der Waals surface area contributed by atoms with Crippen molar-refractivity contribution in [2.45, 2.75) is 6.92 Å². The van der Waals surface area contributed by atoms with E-state index in [4.69, 9.17) is 4.98 Å². The Morgan fingerprint density at radius 3 is 2.33 bits per heavy atom. The van der Waals surface area contributed by atoms with Gasteiger partial charge < -0.3 is 4.98 Å². The third kappa shape index (κ3) is 2.48. The Hall–Kier alpha value is -3.27. The molecule has 4 aromatic rings. The molecule has 0 bridgehead atoms. The van der Waals surface area contributed by atoms with Gasteiger partial charge in [0.15, 0.2) is 5.78 Å². The third-order valence-electron chi connectivity index (χ3n) is 4.00. The lowest BCUT2D eigenvalue weighted by molar-refractivity contribution is -0.567. The van der Waals surface area contributed by atoms with E-state index in [9.17, 15) is 4.79 Å². The predicted molar refractivity (Wildman–Crippen MR) is 93.1 cm³/mol. The molecule has 0 radical (unpaired) electrons. The number of nitrogens with zero attached hydrogens (tertiary/aromatic N) is 2. The maximum atomic E-state index is 11.7. The van der Waals surface area contributed by atoms with E-state index in [0.29, 0.717) is 11.3 Å². The van der Waals surface area contributed by atoms with Gasteiger partial charge in [-0.3, -0.25) is 4.79 Å². The zero-order valence-corrected chi connectivity index (χ0v) is 13.2. The molecular formula is C20H16N3O+. The minimum absolute atomic E-state index is 0.00567. The van der Waals surface area contributed by atoms with Gasteiger partial charge in [-0.2, -0.15) is 4.57 Å². The first kappa shape index (κ1) is 14.3. The number of ketones is 1. The third-order valence-corrected chi connectivity index (χ3v) is 4.00. The van der Waals surface area contributed by atoms with Gasteiger partial charge in [0.2, 0.25) is 17.5 Å². The van der Waals surface area contributed by atoms with Crippen LogP contribution in [0.1, 0.15) is 17.4 Å². The number of nitrogens with one attached hydrogen (secondary N) is 1. The molecule has 0 spiro atoms. The van der Waals surface area contributed by atoms with Crippen LogP contribution in [0.2, 0.25) is 0 Å². The monoisotopic (exact) mass is 314 g/mol. The fourth-order valence-corrected chi connectivity index (χ4v) is 2.78. The van der Waals surface area contributed by atoms with Crippen molar-refractivity contribution in [3.05, 3.63) is 78.6 Å². The van der Waals surface area contributed by atoms with E-state index in [-0.39, 0.29) is 5.78 Å². The van der Waals surface area contributed by atoms with Crippen molar-refractivity contribution < 1.29 is 9.36 Å². The largest absolute Gasteiger partial charge is 0.332 e. The molecule has 0 saturated heterocycles. The number of para-hydroxylation sites is 1. The van der Waals surface area contributed by atoms with Crippen LogP contribution in [0.3, 0.4) is 0 Å². The van der Waals surface area contributed by atoms with Gasteiger partial charge >= 0.3 is 0 Å². The number of fused-ring (bicyclic) bond motifs is 1. The molecular weight excluding hydrogens is 298 g/mol. The molecule has 0 amide bonds. The van der Waals surface area contributed by atoms with Gasteiger partial charge in [-0.05, 0) is 0 Å². The van der Waals surface area contributed by atoms with Crippen LogP contribution in [-0.4, -0.2) is 15.8 Å². The Morgan fingerprint density at radius 1 is 1.00 bits per heavy atom. The van der Waals surface area contributed by atoms with Crippen LogP contribution < -0.4 is 4.57 Å². The molecule has 4 heteroatoms. The van der Waals surface area contributed by atoms with Crippen LogP contribution in [0.25, 0.3) is 28.1 Å². The molecule has 2 heterocycles. The Kier molecular flexibility index (Phi) is 3.43. The standard InChI is InChI=1S/C20H15N3O/c1-14(24)17-12-19-20(21-17)22-18(15-8-4-2-5-9-15)13-23(19)16-10-6-3-7-11-16/h2-13H,1H3/p+1. The summed E-state index contributed by atoms with van der Waals surface area (Å²) in [5.74, 6) is -0.00567. The first-order valence-electron chi connectivity index (χ1n) is 7.79. The summed E-state index contributed by atoms with van der Waals surface area (Å²) in [4.78, 5) is 19.6. The molecule has 0 unspecified atom stereocenters. The Balaban J connectivity index is 2.02. The number of H-pyrrole nitrogens is 1. The summed E-state index contributed by atoms with van der Waals surface area (Å²) in [7, 11) is 0. The number of carbonyl (C=O) groups is 1. The zero-order valence-electron chi connectivity index (χ0n) is 13.2. The average molecular weight is 314 g/mol. The number of aromatic nitrogens is 3. The molecule has 4 nitrogen and oxygen atoms in total. The number of aromatic amines is 1. The number of hydrogen-bond donors (Lipinski definition) is 1. The van der Waals surface area contributed by atoms with Crippen molar-refractivity contribution in [2.24, 2.45) is 0 Å². The van der Waals surface area contributed by atoms with Crippen molar-refractivity contribution in [2.75, 3.05) is 0 Å². The predicted octanol–water partition coefficient (Wildman–Crippen LogP) is 3.71. The molecule has 4 rings (SSSR count). The summed E-state index contributed by atoms with van der Waals surface area (Å²) in [6, 6.07) is 21.9. The molecule has 2 aromatic heterocycles. The number of rotatable bonds is 3. The summed E-state index contributed by atoms with van der Waals surface area (Å²) in [5, 5.41) is 0. The summed E-state index contributed by atoms with van der Waals surface area (Å²) in [5.41, 5.74) is 5.05. The second-order valence-corrected chi connectivity index (χ2v) is 5.67. The molecule has 0 aliphatic carbocycles. The highest BCUT2D eigenvalue weighted by Crippen LogP contribution is 2.20. The minimum Gasteiger partial charge on any atom is -0.332 e. The Bertz CT molecular complexity index is 1020. The van der Waals surface area contributed by atoms with E-state index in [1.54, 1.807) is 6.92 Å². The van der Waals surface area contributed by atoms with Gasteiger partial charge in [-0.25, -0.2) is 4.98 Å². The first-order valence-corrected chi connectivity index (χ1v) is 7.79. The molecule has 0 atom stereocenters. The normalized spacial score (nSPS) is 10.9. The van der Waals surface area contributed by atoms with Crippen molar-refractivity contribution in [1.29, 1.82) is 0 Å². The lowest BCUT2D eigenvalue weighted by Gasteiger charge is -2.02. The molecule has 0 fully saturated rings. The topological polar surface area (TPSA) is 49.6 Å². The van der Waals surface area contributed by atoms with E-state index in [1.807, 2.05) is 72.9 Å². The van der Waals surface area contributed by atoms with E-state index in [1.165, 1.54) is 0 Å². The van der Waals surface area contributed by atoms with Crippen LogP contribution in [0.4, 0.5) is 0 Å². The number of hydrogen-bond acceptors (Lipinski definition) is 2. The number of carbonyl (C=O) groups excluding carboxylic acids is 1. The maximum absolute atomic E-state index is 11.7. The molecule has 2 aromatic carbocycles. The molecule has 24 heavy (non-hydrogen) atoms. The maximum Gasteiger partial charge on any atom is 0.256 e. The fourth-order valence-electron chi connectivity index (χ4n) is 2.78. The van der Waals surface area contributed by atoms with Crippen molar-refractivity contribution in [3.63, 3.8) is 0 Å². The van der Waals surface area contributed by atoms with E-state index >= 15 is 0 Å². The van der Waals surface area contributed by atoms with Crippen molar-refractivity contribution >= 4 is 16.9 Å². The van der Waals surface area contributed by atoms with Crippen LogP contribution in [0, 0.1) is 0 Å². The van der Waals surface area contributed by atoms with Gasteiger partial charge in [-0.1, -0.05) is 48.5 Å². The summed E-state index contributed by atoms with van der Waals surface area (Å²) in [6.07, 6.45) is 2.00. The molecule has 0 aliphatic heterocycles. The average Bonchev–Trinajstić information content (AvgIpc) is 3.07. The SMILES string of the molecule is CC(=O)c1cc2c(nc(-c3ccccc3)c[n+]2-c2ccccc2)[nH]1. The van der Waals surface area contributed by atoms with Crippen LogP contribution in [0.5, 0.6) is 0 Å². The Morgan fingerprint density at radius 2 is 1.67 bits per heavy atom. The van der Waals surface area contributed by atoms with E-state index in [0.717, 1.165) is 22.5 Å². The smallest absolute Gasteiger partial charge is 0.256 e. The fraction of sp³-hybridized carbons (Fsp3) is 0.0500. The van der Waals surface area contributed by atoms with Crippen LogP contribution in [-0.2, 0) is 0 Å². The van der Waals surface area contributed by atoms with E-state index in [2.05, 4.69) is 9.55 Å². The number of benzene rings is 2. The lowest BCUT2D eigenvalue weighted by Crippen LogP contribution is -2.31. The first-order chi connectivity index (χ1) is 11.7. The van der Waals surface area contributed by atoms with Crippen molar-refractivity contribution in [1.82, 2.24) is 9.97 Å². The van der Waals surface area contributed by atoms with Gasteiger partial charge in [0.25, 0.3) is 5.52 Å². The highest BCUT2D eigenvalue weighted by molar-refractivity contribution is 5.96. The molecule has 1 N–H and O–H groups in total. The zero-order chi connectivity index (χ0) is 16.5. The van der Waals surface area contributed by atoms with Gasteiger partial charge in [0.1, 0.15) is 5.69 Å². The summed E-state index contributed by atoms with van der Waals surface area (Å²) in [6.45, 7) is 1.55. The van der Waals surface area contributed by atoms with Gasteiger partial charge in [-0.15, -0.1) is 0 Å². The summed E-state index contributed by atoms with van der Waals surface area (Å²) >= 11 is 0. The lowest BCUT2D eigenvalue weighted by atomic mass is 10.1. The second kappa shape index (κ2) is 5.74. The molecule has 116 valence electrons. The Labute approximate surface area is 139 Å². The van der Waals surface area contributed by atoms with Crippen LogP contribution in [0.15, 0.2) is 72.9 Å². The molecule has 0 aliphatic rings. The van der Waals surface area contributed by atoms with E-state index < -0.39 is 0 Å². The number of Topliss-reactive ketones (excluding diaryl/α,β-unsaturated/α-hetero) is 1. The second-order valence-electron chi connectivity index (χ2n) is 5.67. The minimum atomic E-state index is -0.00567.